The van der Waals surface area contributed by atoms with Crippen LogP contribution in [0.15, 0.2) is 48.5 Å². The average molecular weight is 527 g/mol. The van der Waals surface area contributed by atoms with Crippen LogP contribution in [0.25, 0.3) is 0 Å². The average Bonchev–Trinajstić information content (AvgIpc) is 3.23. The fourth-order valence-electron chi connectivity index (χ4n) is 4.70. The zero-order valence-electron chi connectivity index (χ0n) is 22.2. The molecule has 0 saturated carbocycles. The molecular formula is C28H38N4O6. The maximum Gasteiger partial charge on any atom is 0.317 e. The van der Waals surface area contributed by atoms with Crippen molar-refractivity contribution in [3.8, 4) is 11.5 Å². The largest absolute Gasteiger partial charge is 0.492 e. The van der Waals surface area contributed by atoms with Crippen LogP contribution in [0.2, 0.25) is 0 Å². The van der Waals surface area contributed by atoms with Gasteiger partial charge in [-0.2, -0.15) is 0 Å². The van der Waals surface area contributed by atoms with Crippen molar-refractivity contribution in [3.63, 3.8) is 0 Å². The third-order valence-corrected chi connectivity index (χ3v) is 6.74. The van der Waals surface area contributed by atoms with Gasteiger partial charge in [-0.25, -0.2) is 4.79 Å². The summed E-state index contributed by atoms with van der Waals surface area (Å²) in [6, 6.07) is 15.5. The van der Waals surface area contributed by atoms with E-state index in [0.29, 0.717) is 58.2 Å². The van der Waals surface area contributed by atoms with Crippen molar-refractivity contribution in [2.75, 3.05) is 72.7 Å². The monoisotopic (exact) mass is 526 g/mol. The van der Waals surface area contributed by atoms with Crippen LogP contribution in [0.3, 0.4) is 0 Å². The summed E-state index contributed by atoms with van der Waals surface area (Å²) in [6.07, 6.45) is 0. The molecule has 2 fully saturated rings. The lowest BCUT2D eigenvalue weighted by molar-refractivity contribution is -0.138. The number of benzene rings is 2. The fraction of sp³-hybridized carbons (Fsp3) is 0.500. The number of hydrogen-bond donors (Lipinski definition) is 2. The van der Waals surface area contributed by atoms with Crippen molar-refractivity contribution >= 4 is 11.9 Å². The van der Waals surface area contributed by atoms with Gasteiger partial charge in [0.15, 0.2) is 0 Å². The first-order valence-corrected chi connectivity index (χ1v) is 13.0. The van der Waals surface area contributed by atoms with Gasteiger partial charge in [0.25, 0.3) is 0 Å². The number of ether oxygens (including phenoxy) is 3. The third kappa shape index (κ3) is 7.83. The first-order valence-electron chi connectivity index (χ1n) is 13.0. The number of carbonyl (C=O) groups is 2. The molecule has 0 radical (unpaired) electrons. The van der Waals surface area contributed by atoms with E-state index in [2.05, 4.69) is 10.2 Å². The lowest BCUT2D eigenvalue weighted by Crippen LogP contribution is -2.52. The molecule has 38 heavy (non-hydrogen) atoms. The molecule has 4 rings (SSSR count). The minimum atomic E-state index is -1.25. The number of aryl methyl sites for hydroxylation is 1. The van der Waals surface area contributed by atoms with Crippen molar-refractivity contribution in [1.82, 2.24) is 20.0 Å². The van der Waals surface area contributed by atoms with E-state index in [1.807, 2.05) is 55.5 Å². The minimum absolute atomic E-state index is 0.0290. The summed E-state index contributed by atoms with van der Waals surface area (Å²) in [5.74, 6) is 1.26. The predicted octanol–water partition coefficient (Wildman–Crippen LogP) is 1.50. The Balaban J connectivity index is 1.36. The number of rotatable bonds is 11. The molecule has 2 heterocycles. The first kappa shape index (κ1) is 27.7. The Morgan fingerprint density at radius 2 is 1.71 bits per heavy atom. The Morgan fingerprint density at radius 3 is 2.39 bits per heavy atom. The summed E-state index contributed by atoms with van der Waals surface area (Å²) in [5, 5.41) is 14.4. The van der Waals surface area contributed by atoms with E-state index in [-0.39, 0.29) is 31.7 Å². The molecule has 2 aromatic rings. The van der Waals surface area contributed by atoms with Crippen LogP contribution in [-0.4, -0.2) is 110 Å². The Labute approximate surface area is 224 Å². The molecule has 0 unspecified atom stereocenters. The molecule has 2 aliphatic rings. The first-order chi connectivity index (χ1) is 18.3. The second kappa shape index (κ2) is 12.9. The summed E-state index contributed by atoms with van der Waals surface area (Å²) in [4.78, 5) is 29.8. The Morgan fingerprint density at radius 1 is 1.00 bits per heavy atom. The number of urea groups is 1. The van der Waals surface area contributed by atoms with Gasteiger partial charge in [0, 0.05) is 46.4 Å². The van der Waals surface area contributed by atoms with Crippen LogP contribution in [0.4, 0.5) is 4.79 Å². The molecule has 0 aliphatic carbocycles. The van der Waals surface area contributed by atoms with Gasteiger partial charge in [0.2, 0.25) is 5.91 Å². The maximum absolute atomic E-state index is 12.6. The highest BCUT2D eigenvalue weighted by atomic mass is 16.5. The summed E-state index contributed by atoms with van der Waals surface area (Å²) >= 11 is 0. The lowest BCUT2D eigenvalue weighted by atomic mass is 10.0. The SMILES string of the molecule is COCC(=O)N1CCN(Cc2ccc(OCCN3CCNC3=O)cc2)C[C@@](O)(COc2ccc(C)cc2)C1. The van der Waals surface area contributed by atoms with Crippen molar-refractivity contribution in [2.24, 2.45) is 0 Å². The number of amides is 3. The minimum Gasteiger partial charge on any atom is -0.492 e. The maximum atomic E-state index is 12.6. The second-order valence-electron chi connectivity index (χ2n) is 10.00. The quantitative estimate of drug-likeness (QED) is 0.457. The summed E-state index contributed by atoms with van der Waals surface area (Å²) in [7, 11) is 1.49. The molecule has 0 bridgehead atoms. The van der Waals surface area contributed by atoms with E-state index in [1.54, 1.807) is 9.80 Å². The predicted molar refractivity (Wildman–Crippen MR) is 142 cm³/mol. The van der Waals surface area contributed by atoms with E-state index >= 15 is 0 Å². The van der Waals surface area contributed by atoms with Crippen LogP contribution in [0.5, 0.6) is 11.5 Å². The molecule has 206 valence electrons. The van der Waals surface area contributed by atoms with Gasteiger partial charge in [-0.15, -0.1) is 0 Å². The molecular weight excluding hydrogens is 488 g/mol. The molecule has 10 heteroatoms. The third-order valence-electron chi connectivity index (χ3n) is 6.74. The molecule has 2 N–H and O–H groups in total. The molecule has 0 aromatic heterocycles. The van der Waals surface area contributed by atoms with Crippen molar-refractivity contribution < 1.29 is 28.9 Å². The fourth-order valence-corrected chi connectivity index (χ4v) is 4.70. The van der Waals surface area contributed by atoms with Crippen molar-refractivity contribution in [3.05, 3.63) is 59.7 Å². The van der Waals surface area contributed by atoms with E-state index < -0.39 is 5.60 Å². The van der Waals surface area contributed by atoms with Crippen LogP contribution in [0.1, 0.15) is 11.1 Å². The Hall–Kier alpha value is -3.34. The van der Waals surface area contributed by atoms with Crippen molar-refractivity contribution in [1.29, 1.82) is 0 Å². The van der Waals surface area contributed by atoms with Crippen LogP contribution in [-0.2, 0) is 16.1 Å². The molecule has 2 saturated heterocycles. The summed E-state index contributed by atoms with van der Waals surface area (Å²) in [6.45, 7) is 6.61. The number of carbonyl (C=O) groups excluding carboxylic acids is 2. The second-order valence-corrected chi connectivity index (χ2v) is 10.00. The topological polar surface area (TPSA) is 104 Å². The van der Waals surface area contributed by atoms with Crippen molar-refractivity contribution in [2.45, 2.75) is 19.1 Å². The molecule has 2 aromatic carbocycles. The van der Waals surface area contributed by atoms with Crippen LogP contribution >= 0.6 is 0 Å². The zero-order valence-corrected chi connectivity index (χ0v) is 22.2. The van der Waals surface area contributed by atoms with E-state index in [9.17, 15) is 14.7 Å². The molecule has 1 atom stereocenters. The molecule has 3 amide bonds. The summed E-state index contributed by atoms with van der Waals surface area (Å²) < 4.78 is 16.8. The summed E-state index contributed by atoms with van der Waals surface area (Å²) in [5.41, 5.74) is 0.939. The van der Waals surface area contributed by atoms with Gasteiger partial charge in [0.05, 0.1) is 13.1 Å². The molecule has 0 spiro atoms. The van der Waals surface area contributed by atoms with E-state index in [0.717, 1.165) is 16.9 Å². The van der Waals surface area contributed by atoms with Gasteiger partial charge >= 0.3 is 6.03 Å². The van der Waals surface area contributed by atoms with Gasteiger partial charge in [-0.3, -0.25) is 9.69 Å². The van der Waals surface area contributed by atoms with E-state index in [1.165, 1.54) is 7.11 Å². The van der Waals surface area contributed by atoms with Gasteiger partial charge < -0.3 is 34.4 Å². The number of β-amino-alcohol motifs (C(OH)–C–C–N with tert-alkyl or cyclic N) is 1. The smallest absolute Gasteiger partial charge is 0.317 e. The molecule has 10 nitrogen and oxygen atoms in total. The number of methoxy groups -OCH3 is 1. The number of nitrogens with zero attached hydrogens (tertiary/aromatic N) is 3. The van der Waals surface area contributed by atoms with Gasteiger partial charge in [-0.05, 0) is 36.8 Å². The van der Waals surface area contributed by atoms with Gasteiger partial charge in [0.1, 0.15) is 36.9 Å². The standard InChI is InChI=1S/C28H38N4O6/c1-22-3-7-25(8-4-22)38-21-28(35)19-30(13-14-32(20-28)26(33)18-36-2)17-23-5-9-24(10-6-23)37-16-15-31-12-11-29-27(31)34/h3-10,35H,11-21H2,1-2H3,(H,29,34)/t28-/m0/s1. The number of aliphatic hydroxyl groups is 1. The lowest BCUT2D eigenvalue weighted by Gasteiger charge is -2.33. The molecule has 2 aliphatic heterocycles. The number of nitrogens with one attached hydrogen (secondary N) is 1. The normalized spacial score (nSPS) is 20.2. The Kier molecular flexibility index (Phi) is 9.43. The van der Waals surface area contributed by atoms with Gasteiger partial charge in [-0.1, -0.05) is 29.8 Å². The number of hydrogen-bond acceptors (Lipinski definition) is 7. The highest BCUT2D eigenvalue weighted by molar-refractivity contribution is 5.77. The van der Waals surface area contributed by atoms with E-state index in [4.69, 9.17) is 14.2 Å². The Bertz CT molecular complexity index is 1060. The highest BCUT2D eigenvalue weighted by Gasteiger charge is 2.37. The highest BCUT2D eigenvalue weighted by Crippen LogP contribution is 2.21. The van der Waals surface area contributed by atoms with Crippen LogP contribution in [0, 0.1) is 6.92 Å². The van der Waals surface area contributed by atoms with Crippen LogP contribution < -0.4 is 14.8 Å². The zero-order chi connectivity index (χ0) is 27.0.